The van der Waals surface area contributed by atoms with Gasteiger partial charge in [-0.15, -0.1) is 0 Å². The normalized spacial score (nSPS) is 17.9. The van der Waals surface area contributed by atoms with Crippen LogP contribution in [0.5, 0.6) is 0 Å². The summed E-state index contributed by atoms with van der Waals surface area (Å²) in [4.78, 5) is 54.4. The third-order valence-corrected chi connectivity index (χ3v) is 16.9. The highest BCUT2D eigenvalue weighted by Gasteiger charge is 2.14. The fourth-order valence-electron chi connectivity index (χ4n) is 9.48. The number of amidine groups is 12. The number of hydrogen-bond acceptors (Lipinski definition) is 22. The van der Waals surface area contributed by atoms with E-state index < -0.39 is 0 Å². The molecule has 9 rings (SSSR count). The minimum atomic E-state index is 0.611. The highest BCUT2D eigenvalue weighted by Crippen LogP contribution is 2.09. The number of oxime groups is 2. The zero-order valence-corrected chi connectivity index (χ0v) is 66.7. The Labute approximate surface area is 597 Å². The summed E-state index contributed by atoms with van der Waals surface area (Å²) in [6.07, 6.45) is 12.3. The highest BCUT2D eigenvalue weighted by molar-refractivity contribution is 5.83. The average Bonchev–Trinajstić information content (AvgIpc) is 2.63. The van der Waals surface area contributed by atoms with Crippen molar-refractivity contribution in [1.82, 2.24) is 64.9 Å². The molecule has 0 amide bonds. The number of nitrogens with two attached hydrogens (primary N) is 1. The molecule has 0 radical (unpaired) electrons. The van der Waals surface area contributed by atoms with Gasteiger partial charge in [-0.2, -0.15) is 0 Å². The molecule has 3 saturated heterocycles. The Balaban J connectivity index is -0.00000101. The summed E-state index contributed by atoms with van der Waals surface area (Å²) in [5.41, 5.74) is 5.40. The van der Waals surface area contributed by atoms with E-state index in [2.05, 4.69) is 163 Å². The van der Waals surface area contributed by atoms with Gasteiger partial charge >= 0.3 is 0 Å². The molecule has 9 N–H and O–H groups in total. The Morgan fingerprint density at radius 1 is 0.480 bits per heavy atom. The number of hydrogen-bond donors (Lipinski definition) is 8. The molecule has 0 aliphatic carbocycles. The molecule has 0 bridgehead atoms. The van der Waals surface area contributed by atoms with Gasteiger partial charge < -0.3 is 81.1 Å². The molecule has 0 spiro atoms. The molecule has 98 heavy (non-hydrogen) atoms. The number of aliphatic imine (C=N–C) groups is 8. The van der Waals surface area contributed by atoms with Crippen molar-refractivity contribution in [3.05, 3.63) is 0 Å². The van der Waals surface area contributed by atoms with Gasteiger partial charge in [0.2, 0.25) is 0 Å². The molecule has 9 aliphatic rings. The van der Waals surface area contributed by atoms with Crippen molar-refractivity contribution >= 4 is 70.0 Å². The van der Waals surface area contributed by atoms with Crippen LogP contribution in [-0.2, 0) is 0 Å². The van der Waals surface area contributed by atoms with E-state index >= 15 is 0 Å². The van der Waals surface area contributed by atoms with Crippen molar-refractivity contribution in [2.45, 2.75) is 168 Å². The lowest BCUT2D eigenvalue weighted by Gasteiger charge is -2.25. The van der Waals surface area contributed by atoms with Crippen LogP contribution in [0.25, 0.3) is 0 Å². The maximum absolute atomic E-state index is 8.34. The van der Waals surface area contributed by atoms with Crippen LogP contribution in [-0.4, -0.2) is 349 Å². The van der Waals surface area contributed by atoms with Crippen molar-refractivity contribution in [3.63, 3.8) is 0 Å². The van der Waals surface area contributed by atoms with Crippen molar-refractivity contribution in [2.75, 3.05) is 220 Å². The molecule has 0 aromatic rings. The van der Waals surface area contributed by atoms with E-state index in [1.54, 1.807) is 18.9 Å². The molecular weight excluding hydrogens is 1240 g/mol. The van der Waals surface area contributed by atoms with Crippen LogP contribution < -0.4 is 21.7 Å². The lowest BCUT2D eigenvalue weighted by molar-refractivity contribution is 0.305. The van der Waals surface area contributed by atoms with Gasteiger partial charge in [0.15, 0.2) is 0 Å². The average molecular weight is 1390 g/mol. The van der Waals surface area contributed by atoms with E-state index in [0.29, 0.717) is 24.1 Å². The molecule has 9 heterocycles. The van der Waals surface area contributed by atoms with Gasteiger partial charge in [0.1, 0.15) is 11.7 Å². The summed E-state index contributed by atoms with van der Waals surface area (Å²) in [6.45, 7) is 56.1. The molecule has 570 valence electrons. The third kappa shape index (κ3) is 51.4. The quantitative estimate of drug-likeness (QED) is 0.0525. The van der Waals surface area contributed by atoms with Gasteiger partial charge in [0.25, 0.3) is 0 Å². The van der Waals surface area contributed by atoms with Gasteiger partial charge in [-0.25, -0.2) is 0 Å². The summed E-state index contributed by atoms with van der Waals surface area (Å²) in [5, 5.41) is 46.7. The van der Waals surface area contributed by atoms with Crippen molar-refractivity contribution in [3.8, 4) is 0 Å². The van der Waals surface area contributed by atoms with E-state index in [-0.39, 0.29) is 0 Å². The van der Waals surface area contributed by atoms with Crippen LogP contribution in [0.3, 0.4) is 0 Å². The molecule has 0 atom stereocenters. The molecule has 3 fully saturated rings. The zero-order valence-electron chi connectivity index (χ0n) is 66.7. The van der Waals surface area contributed by atoms with Crippen molar-refractivity contribution in [2.24, 2.45) is 56.0 Å². The Morgan fingerprint density at radius 2 is 0.949 bits per heavy atom. The SMILES string of the molecule is C/C(=N\O)N(C)C.C/C(=N\O)N1CCCC1.CC(=N)N1CCCNCC1.CC1=NCCCN1.CC1=NCCCN1C.CC1=NCCN1.CC1=NCCN1C.CCCCN(CCN)C(C)=N.CCN1CCCN=C1C.CCN1CCN=C1C.CN=C(C)N(C)C.CN=C(C)N1CCCC1. The maximum Gasteiger partial charge on any atom is 0.141 e. The van der Waals surface area contributed by atoms with Gasteiger partial charge in [0, 0.05) is 194 Å². The molecule has 28 nitrogen and oxygen atoms in total. The smallest absolute Gasteiger partial charge is 0.141 e. The Hall–Kier alpha value is -6.84. The van der Waals surface area contributed by atoms with Crippen LogP contribution in [0.15, 0.2) is 50.3 Å². The number of unbranched alkanes of at least 4 members (excludes halogenated alkanes) is 1. The van der Waals surface area contributed by atoms with Crippen LogP contribution in [0.2, 0.25) is 0 Å². The van der Waals surface area contributed by atoms with E-state index in [1.165, 1.54) is 107 Å². The number of nitrogens with one attached hydrogen (secondary N) is 5. The predicted octanol–water partition coefficient (Wildman–Crippen LogP) is 7.66. The first-order chi connectivity index (χ1) is 46.7. The van der Waals surface area contributed by atoms with Crippen LogP contribution in [0.4, 0.5) is 0 Å². The van der Waals surface area contributed by atoms with Gasteiger partial charge in [-0.3, -0.25) is 50.8 Å². The van der Waals surface area contributed by atoms with Crippen LogP contribution >= 0.6 is 0 Å². The van der Waals surface area contributed by atoms with Gasteiger partial charge in [-0.1, -0.05) is 23.7 Å². The lowest BCUT2D eigenvalue weighted by atomic mass is 10.3. The molecule has 9 aliphatic heterocycles. The highest BCUT2D eigenvalue weighted by atomic mass is 16.4. The summed E-state index contributed by atoms with van der Waals surface area (Å²) in [5.74, 6) is 11.8. The summed E-state index contributed by atoms with van der Waals surface area (Å²) < 4.78 is 0. The van der Waals surface area contributed by atoms with Crippen molar-refractivity contribution in [1.29, 1.82) is 10.8 Å². The second-order valence-corrected chi connectivity index (χ2v) is 25.0. The number of rotatable bonds is 7. The maximum atomic E-state index is 8.34. The summed E-state index contributed by atoms with van der Waals surface area (Å²) >= 11 is 0. The first-order valence-corrected chi connectivity index (χ1v) is 36.2. The molecule has 0 aromatic heterocycles. The van der Waals surface area contributed by atoms with E-state index in [0.717, 1.165) is 167 Å². The van der Waals surface area contributed by atoms with E-state index in [1.807, 2.05) is 93.5 Å². The van der Waals surface area contributed by atoms with Crippen molar-refractivity contribution < 1.29 is 10.4 Å². The standard InChI is InChI=1S/C8H19N3.C7H15N3.2C7H14N2.C6H12N2O.2C6H12N2.2C5H10N2.C5H12N2.C4H10N2O.C4H8N2/c1-3-4-6-11(7-5-9)8(2)10;1-7(8)10-5-2-3-9-4-6-10;1-7(8-2)9-5-3-4-6-9;1-3-9-6-4-5-8-7(9)2;1-6(7-9)8-4-2-3-5-8;1-6-7-4-3-5-8(6)2;1-3-8-5-4-7-6(8)2;1-5-6-3-4-7(5)2;1-5-6-3-2-4-7-5;1-5(6-2)7(3)4;1-4(5-7)6(2)3;1-4-5-2-3-6-4/h10H,3-7,9H2,1-2H3;8-9H,2-6H2,1H3;2*3-6H2,1-2H3;9H,2-5H2,1H3;2*3-5H2,1-2H3;3-4H2,1-2H3;2-4H2,1H3,(H,6,7);1-4H3;7H,1-3H3;2-3H2,1H3,(H,5,6)/b;;;;7-6+;;;;;;5-4+;. The first-order valence-electron chi connectivity index (χ1n) is 36.2. The third-order valence-electron chi connectivity index (χ3n) is 16.9. The lowest BCUT2D eigenvalue weighted by Crippen LogP contribution is -2.33. The summed E-state index contributed by atoms with van der Waals surface area (Å²) in [6, 6.07) is 0. The second-order valence-electron chi connectivity index (χ2n) is 25.0. The minimum Gasteiger partial charge on any atom is -0.409 e. The van der Waals surface area contributed by atoms with Crippen LogP contribution in [0, 0.1) is 10.8 Å². The monoisotopic (exact) mass is 1390 g/mol. The Morgan fingerprint density at radius 3 is 1.23 bits per heavy atom. The zero-order chi connectivity index (χ0) is 74.6. The summed E-state index contributed by atoms with van der Waals surface area (Å²) in [7, 11) is 15.4. The molecule has 0 unspecified atom stereocenters. The fraction of sp³-hybridized carbons (Fsp3) is 0.829. The predicted molar refractivity (Wildman–Crippen MR) is 426 cm³/mol. The minimum absolute atomic E-state index is 0.611. The van der Waals surface area contributed by atoms with E-state index in [4.69, 9.17) is 27.0 Å². The van der Waals surface area contributed by atoms with Gasteiger partial charge in [0.05, 0.1) is 78.0 Å². The molecular formula is C70H148N26O2. The second kappa shape index (κ2) is 62.4. The number of nitrogens with zero attached hydrogens (tertiary/aromatic N) is 20. The van der Waals surface area contributed by atoms with Gasteiger partial charge in [-0.05, 0) is 161 Å². The Kier molecular flexibility index (Phi) is 60.7. The molecule has 0 saturated carbocycles. The number of likely N-dealkylation sites (N-methyl/N-ethyl adjacent to an activating group) is 2. The van der Waals surface area contributed by atoms with E-state index in [9.17, 15) is 0 Å². The molecule has 0 aromatic carbocycles. The van der Waals surface area contributed by atoms with Crippen LogP contribution in [0.1, 0.15) is 168 Å². The number of likely N-dealkylation sites (tertiary alicyclic amines) is 2. The Bertz CT molecular complexity index is 2290. The molecule has 28 heteroatoms. The fourth-order valence-corrected chi connectivity index (χ4v) is 9.48. The first kappa shape index (κ1) is 95.3. The topological polar surface area (TPSA) is 306 Å². The largest absolute Gasteiger partial charge is 0.409 e.